The normalized spacial score (nSPS) is 11.8. The molecule has 0 radical (unpaired) electrons. The Bertz CT molecular complexity index is 465. The third kappa shape index (κ3) is 5.59. The molecular formula is C17H27NOS. The number of benzene rings is 1. The first-order valence-corrected chi connectivity index (χ1v) is 7.69. The Kier molecular flexibility index (Phi) is 5.72. The number of likely N-dealkylation sites (N-methyl/N-ethyl adjacent to an activating group) is 1. The minimum absolute atomic E-state index is 0.182. The summed E-state index contributed by atoms with van der Waals surface area (Å²) in [4.78, 5) is 1.32. The Morgan fingerprint density at radius 1 is 1.20 bits per heavy atom. The van der Waals surface area contributed by atoms with Gasteiger partial charge in [-0.15, -0.1) is 0 Å². The number of aryl methyl sites for hydroxylation is 3. The van der Waals surface area contributed by atoms with E-state index < -0.39 is 0 Å². The zero-order valence-corrected chi connectivity index (χ0v) is 14.6. The zero-order chi connectivity index (χ0) is 15.5. The largest absolute Gasteiger partial charge is 0.492 e. The van der Waals surface area contributed by atoms with Gasteiger partial charge in [0.1, 0.15) is 11.4 Å². The van der Waals surface area contributed by atoms with Gasteiger partial charge in [-0.25, -0.2) is 4.31 Å². The van der Waals surface area contributed by atoms with Crippen molar-refractivity contribution in [2.45, 2.75) is 52.0 Å². The molecule has 0 fully saturated rings. The van der Waals surface area contributed by atoms with Gasteiger partial charge in [0.25, 0.3) is 0 Å². The first-order chi connectivity index (χ1) is 9.08. The highest BCUT2D eigenvalue weighted by Crippen LogP contribution is 2.30. The van der Waals surface area contributed by atoms with Crippen molar-refractivity contribution >= 4 is 11.9 Å². The molecule has 0 aliphatic rings. The summed E-state index contributed by atoms with van der Waals surface area (Å²) < 4.78 is 7.94. The SMILES string of the molecule is C=C(CN(C)Sc1c(C)cc(C)cc1C)OC(C)(C)C. The molecule has 0 saturated heterocycles. The van der Waals surface area contributed by atoms with Gasteiger partial charge in [0.15, 0.2) is 0 Å². The van der Waals surface area contributed by atoms with E-state index in [0.29, 0.717) is 6.54 Å². The summed E-state index contributed by atoms with van der Waals surface area (Å²) in [7, 11) is 2.07. The Balaban J connectivity index is 2.68. The van der Waals surface area contributed by atoms with Gasteiger partial charge in [0, 0.05) is 4.90 Å². The Morgan fingerprint density at radius 3 is 2.15 bits per heavy atom. The van der Waals surface area contributed by atoms with Crippen LogP contribution in [0.5, 0.6) is 0 Å². The van der Waals surface area contributed by atoms with E-state index >= 15 is 0 Å². The highest BCUT2D eigenvalue weighted by molar-refractivity contribution is 7.97. The summed E-state index contributed by atoms with van der Waals surface area (Å²) in [5, 5.41) is 0. The molecule has 0 heterocycles. The lowest BCUT2D eigenvalue weighted by Crippen LogP contribution is -2.23. The summed E-state index contributed by atoms with van der Waals surface area (Å²) >= 11 is 1.75. The molecular weight excluding hydrogens is 266 g/mol. The second-order valence-electron chi connectivity index (χ2n) is 6.36. The number of ether oxygens (including phenoxy) is 1. The first kappa shape index (κ1) is 17.1. The summed E-state index contributed by atoms with van der Waals surface area (Å²) in [5.74, 6) is 0.801. The van der Waals surface area contributed by atoms with Gasteiger partial charge in [-0.3, -0.25) is 0 Å². The molecule has 1 aromatic carbocycles. The van der Waals surface area contributed by atoms with Crippen LogP contribution in [-0.4, -0.2) is 23.5 Å². The molecule has 20 heavy (non-hydrogen) atoms. The van der Waals surface area contributed by atoms with Crippen molar-refractivity contribution in [3.63, 3.8) is 0 Å². The van der Waals surface area contributed by atoms with E-state index in [-0.39, 0.29) is 5.60 Å². The first-order valence-electron chi connectivity index (χ1n) is 6.92. The molecule has 0 atom stereocenters. The predicted octanol–water partition coefficient (Wildman–Crippen LogP) is 4.88. The van der Waals surface area contributed by atoms with Crippen LogP contribution in [0, 0.1) is 20.8 Å². The van der Waals surface area contributed by atoms with Crippen molar-refractivity contribution in [2.24, 2.45) is 0 Å². The van der Waals surface area contributed by atoms with Crippen LogP contribution in [0.2, 0.25) is 0 Å². The van der Waals surface area contributed by atoms with E-state index in [1.165, 1.54) is 21.6 Å². The van der Waals surface area contributed by atoms with Crippen molar-refractivity contribution in [2.75, 3.05) is 13.6 Å². The van der Waals surface area contributed by atoms with E-state index in [4.69, 9.17) is 4.74 Å². The van der Waals surface area contributed by atoms with Gasteiger partial charge in [-0.1, -0.05) is 24.3 Å². The molecule has 0 spiro atoms. The van der Waals surface area contributed by atoms with Crippen molar-refractivity contribution in [1.82, 2.24) is 4.31 Å². The Labute approximate surface area is 128 Å². The molecule has 3 heteroatoms. The molecule has 112 valence electrons. The third-order valence-electron chi connectivity index (χ3n) is 2.70. The molecule has 0 aliphatic carbocycles. The van der Waals surface area contributed by atoms with Gasteiger partial charge in [-0.2, -0.15) is 0 Å². The quantitative estimate of drug-likeness (QED) is 0.567. The van der Waals surface area contributed by atoms with Crippen LogP contribution in [0.15, 0.2) is 29.4 Å². The van der Waals surface area contributed by atoms with Crippen LogP contribution in [-0.2, 0) is 4.74 Å². The van der Waals surface area contributed by atoms with E-state index in [1.807, 2.05) is 20.8 Å². The lowest BCUT2D eigenvalue weighted by atomic mass is 10.1. The molecule has 2 nitrogen and oxygen atoms in total. The highest BCUT2D eigenvalue weighted by atomic mass is 32.2. The van der Waals surface area contributed by atoms with E-state index in [0.717, 1.165) is 5.76 Å². The van der Waals surface area contributed by atoms with E-state index in [1.54, 1.807) is 11.9 Å². The van der Waals surface area contributed by atoms with Gasteiger partial charge in [0.2, 0.25) is 0 Å². The molecule has 0 aromatic heterocycles. The van der Waals surface area contributed by atoms with Gasteiger partial charge in [-0.05, 0) is 71.7 Å². The minimum Gasteiger partial charge on any atom is -0.492 e. The Hall–Kier alpha value is -0.930. The number of rotatable bonds is 5. The van der Waals surface area contributed by atoms with Crippen molar-refractivity contribution in [3.8, 4) is 0 Å². The standard InChI is InChI=1S/C17H27NOS/c1-12-9-13(2)16(14(3)10-12)20-18(8)11-15(4)19-17(5,6)7/h9-10H,4,11H2,1-3,5-8H3. The van der Waals surface area contributed by atoms with Crippen molar-refractivity contribution in [3.05, 3.63) is 41.2 Å². The molecule has 0 bridgehead atoms. The molecule has 0 amide bonds. The average Bonchev–Trinajstić information content (AvgIpc) is 2.20. The fourth-order valence-corrected chi connectivity index (χ4v) is 3.14. The van der Waals surface area contributed by atoms with Crippen LogP contribution in [0.4, 0.5) is 0 Å². The fourth-order valence-electron chi connectivity index (χ4n) is 2.21. The number of hydrogen-bond donors (Lipinski definition) is 0. The lowest BCUT2D eigenvalue weighted by Gasteiger charge is -2.26. The maximum Gasteiger partial charge on any atom is 0.105 e. The average molecular weight is 293 g/mol. The van der Waals surface area contributed by atoms with Crippen molar-refractivity contribution in [1.29, 1.82) is 0 Å². The summed E-state index contributed by atoms with van der Waals surface area (Å²) in [6, 6.07) is 4.45. The minimum atomic E-state index is -0.182. The predicted molar refractivity (Wildman–Crippen MR) is 89.1 cm³/mol. The van der Waals surface area contributed by atoms with Crippen LogP contribution in [0.25, 0.3) is 0 Å². The zero-order valence-electron chi connectivity index (χ0n) is 13.8. The lowest BCUT2D eigenvalue weighted by molar-refractivity contribution is 0.0470. The molecule has 1 aromatic rings. The molecule has 0 N–H and O–H groups in total. The van der Waals surface area contributed by atoms with Crippen molar-refractivity contribution < 1.29 is 4.74 Å². The monoisotopic (exact) mass is 293 g/mol. The van der Waals surface area contributed by atoms with Gasteiger partial charge >= 0.3 is 0 Å². The number of hydrogen-bond acceptors (Lipinski definition) is 3. The third-order valence-corrected chi connectivity index (χ3v) is 3.97. The number of nitrogens with zero attached hydrogens (tertiary/aromatic N) is 1. The molecule has 0 saturated carbocycles. The second kappa shape index (κ2) is 6.68. The molecule has 0 unspecified atom stereocenters. The van der Waals surface area contributed by atoms with Crippen LogP contribution >= 0.6 is 11.9 Å². The summed E-state index contributed by atoms with van der Waals surface area (Å²) in [6.45, 7) is 17.3. The van der Waals surface area contributed by atoms with Gasteiger partial charge < -0.3 is 4.74 Å². The van der Waals surface area contributed by atoms with E-state index in [2.05, 4.69) is 50.8 Å². The summed E-state index contributed by atoms with van der Waals surface area (Å²) in [5.41, 5.74) is 3.77. The topological polar surface area (TPSA) is 12.5 Å². The smallest absolute Gasteiger partial charge is 0.105 e. The molecule has 1 rings (SSSR count). The van der Waals surface area contributed by atoms with E-state index in [9.17, 15) is 0 Å². The second-order valence-corrected chi connectivity index (χ2v) is 7.57. The van der Waals surface area contributed by atoms with Crippen LogP contribution in [0.1, 0.15) is 37.5 Å². The Morgan fingerprint density at radius 2 is 1.70 bits per heavy atom. The van der Waals surface area contributed by atoms with Gasteiger partial charge in [0.05, 0.1) is 6.54 Å². The maximum atomic E-state index is 5.78. The maximum absolute atomic E-state index is 5.78. The molecule has 0 aliphatic heterocycles. The highest BCUT2D eigenvalue weighted by Gasteiger charge is 2.15. The fraction of sp³-hybridized carbons (Fsp3) is 0.529. The summed E-state index contributed by atoms with van der Waals surface area (Å²) in [6.07, 6.45) is 0. The van der Waals surface area contributed by atoms with Crippen LogP contribution < -0.4 is 0 Å². The van der Waals surface area contributed by atoms with Crippen LogP contribution in [0.3, 0.4) is 0 Å².